The van der Waals surface area contributed by atoms with Crippen LogP contribution in [0.5, 0.6) is 0 Å². The molecule has 1 atom stereocenters. The molecule has 0 aliphatic carbocycles. The highest BCUT2D eigenvalue weighted by molar-refractivity contribution is 7.99. The molecule has 1 aliphatic heterocycles. The second-order valence-electron chi connectivity index (χ2n) is 3.66. The molecule has 84 valence electrons. The summed E-state index contributed by atoms with van der Waals surface area (Å²) in [5.74, 6) is 0.990. The molecule has 0 unspecified atom stereocenters. The maximum Gasteiger partial charge on any atom is 0.343 e. The third kappa shape index (κ3) is 2.43. The lowest BCUT2D eigenvalue weighted by Gasteiger charge is -2.08. The third-order valence-electron chi connectivity index (χ3n) is 2.62. The van der Waals surface area contributed by atoms with Gasteiger partial charge in [0.1, 0.15) is 0 Å². The number of nitrogens with zero attached hydrogens (tertiary/aromatic N) is 2. The fraction of sp³-hybridized carbons (Fsp3) is 0.778. The van der Waals surface area contributed by atoms with Crippen LogP contribution < -0.4 is 11.0 Å². The van der Waals surface area contributed by atoms with Gasteiger partial charge in [0, 0.05) is 18.3 Å². The van der Waals surface area contributed by atoms with Crippen molar-refractivity contribution in [2.45, 2.75) is 37.5 Å². The third-order valence-corrected chi connectivity index (χ3v) is 3.75. The number of hydrogen-bond donors (Lipinski definition) is 2. The molecule has 0 amide bonds. The van der Waals surface area contributed by atoms with Crippen molar-refractivity contribution in [3.8, 4) is 0 Å². The van der Waals surface area contributed by atoms with E-state index < -0.39 is 0 Å². The lowest BCUT2D eigenvalue weighted by molar-refractivity contribution is 0.650. The van der Waals surface area contributed by atoms with Gasteiger partial charge in [-0.3, -0.25) is 4.57 Å². The molecule has 0 radical (unpaired) electrons. The first kappa shape index (κ1) is 10.8. The summed E-state index contributed by atoms with van der Waals surface area (Å²) >= 11 is 1.65. The molecular formula is C9H16N4OS. The number of rotatable bonds is 4. The first-order chi connectivity index (χ1) is 7.31. The maximum absolute atomic E-state index is 11.3. The lowest BCUT2D eigenvalue weighted by atomic mass is 10.3. The van der Waals surface area contributed by atoms with Gasteiger partial charge in [-0.05, 0) is 26.3 Å². The smallest absolute Gasteiger partial charge is 0.313 e. The summed E-state index contributed by atoms with van der Waals surface area (Å²) in [6, 6.07) is 0.576. The first-order valence-electron chi connectivity index (χ1n) is 5.32. The largest absolute Gasteiger partial charge is 0.343 e. The van der Waals surface area contributed by atoms with Crippen LogP contribution in [0.2, 0.25) is 0 Å². The topological polar surface area (TPSA) is 62.7 Å². The lowest BCUT2D eigenvalue weighted by Crippen LogP contribution is -2.24. The number of hydrogen-bond acceptors (Lipinski definition) is 4. The van der Waals surface area contributed by atoms with E-state index >= 15 is 0 Å². The van der Waals surface area contributed by atoms with Crippen LogP contribution in [0, 0.1) is 0 Å². The van der Waals surface area contributed by atoms with Crippen LogP contribution in [-0.4, -0.2) is 33.1 Å². The van der Waals surface area contributed by atoms with Gasteiger partial charge in [0.05, 0.1) is 0 Å². The van der Waals surface area contributed by atoms with Crippen LogP contribution >= 0.6 is 11.8 Å². The molecule has 15 heavy (non-hydrogen) atoms. The second-order valence-corrected chi connectivity index (χ2v) is 4.65. The van der Waals surface area contributed by atoms with Crippen molar-refractivity contribution in [3.05, 3.63) is 10.5 Å². The van der Waals surface area contributed by atoms with Crippen LogP contribution in [0.15, 0.2) is 9.95 Å². The molecule has 0 aromatic carbocycles. The highest BCUT2D eigenvalue weighted by Gasteiger charge is 2.16. The van der Waals surface area contributed by atoms with Crippen LogP contribution in [-0.2, 0) is 6.54 Å². The zero-order chi connectivity index (χ0) is 10.7. The Morgan fingerprint density at radius 2 is 2.53 bits per heavy atom. The Balaban J connectivity index is 1.95. The molecule has 0 spiro atoms. The van der Waals surface area contributed by atoms with Crippen molar-refractivity contribution >= 4 is 11.8 Å². The Kier molecular flexibility index (Phi) is 3.48. The SMILES string of the molecule is CCn1c(SC[C@H]2CCCN2)n[nH]c1=O. The number of thioether (sulfide) groups is 1. The number of aromatic amines is 1. The van der Waals surface area contributed by atoms with Gasteiger partial charge in [-0.15, -0.1) is 5.10 Å². The molecular weight excluding hydrogens is 212 g/mol. The standard InChI is InChI=1S/C9H16N4OS/c1-2-13-8(14)11-12-9(13)15-6-7-4-3-5-10-7/h7,10H,2-6H2,1H3,(H,11,14)/t7-/m1/s1. The Labute approximate surface area is 92.6 Å². The first-order valence-corrected chi connectivity index (χ1v) is 6.31. The van der Waals surface area contributed by atoms with E-state index in [0.29, 0.717) is 12.6 Å². The highest BCUT2D eigenvalue weighted by atomic mass is 32.2. The van der Waals surface area contributed by atoms with E-state index in [1.165, 1.54) is 12.8 Å². The Bertz CT molecular complexity index is 366. The quantitative estimate of drug-likeness (QED) is 0.734. The van der Waals surface area contributed by atoms with Gasteiger partial charge in [0.15, 0.2) is 5.16 Å². The zero-order valence-corrected chi connectivity index (χ0v) is 9.64. The predicted octanol–water partition coefficient (Wildman–Crippen LogP) is 0.435. The zero-order valence-electron chi connectivity index (χ0n) is 8.82. The highest BCUT2D eigenvalue weighted by Crippen LogP contribution is 2.18. The summed E-state index contributed by atoms with van der Waals surface area (Å²) in [7, 11) is 0. The number of aromatic nitrogens is 3. The molecule has 1 saturated heterocycles. The fourth-order valence-electron chi connectivity index (χ4n) is 1.77. The van der Waals surface area contributed by atoms with Gasteiger partial charge in [-0.1, -0.05) is 11.8 Å². The maximum atomic E-state index is 11.3. The van der Waals surface area contributed by atoms with Gasteiger partial charge in [-0.2, -0.15) is 0 Å². The molecule has 1 aromatic heterocycles. The molecule has 0 bridgehead atoms. The number of nitrogens with one attached hydrogen (secondary N) is 2. The summed E-state index contributed by atoms with van der Waals surface area (Å²) in [5, 5.41) is 10.7. The molecule has 2 N–H and O–H groups in total. The molecule has 6 heteroatoms. The molecule has 2 heterocycles. The summed E-state index contributed by atoms with van der Waals surface area (Å²) in [6.45, 7) is 3.75. The summed E-state index contributed by atoms with van der Waals surface area (Å²) in [5.41, 5.74) is -0.112. The van der Waals surface area contributed by atoms with E-state index in [4.69, 9.17) is 0 Å². The van der Waals surface area contributed by atoms with E-state index in [-0.39, 0.29) is 5.69 Å². The predicted molar refractivity (Wildman–Crippen MR) is 60.3 cm³/mol. The Morgan fingerprint density at radius 1 is 1.67 bits per heavy atom. The van der Waals surface area contributed by atoms with Gasteiger partial charge in [0.2, 0.25) is 0 Å². The van der Waals surface area contributed by atoms with Crippen LogP contribution in [0.1, 0.15) is 19.8 Å². The van der Waals surface area contributed by atoms with Crippen molar-refractivity contribution < 1.29 is 0 Å². The average Bonchev–Trinajstić information content (AvgIpc) is 2.84. The minimum atomic E-state index is -0.112. The average molecular weight is 228 g/mol. The minimum Gasteiger partial charge on any atom is -0.313 e. The minimum absolute atomic E-state index is 0.112. The van der Waals surface area contributed by atoms with Gasteiger partial charge < -0.3 is 5.32 Å². The monoisotopic (exact) mass is 228 g/mol. The van der Waals surface area contributed by atoms with Crippen LogP contribution in [0.4, 0.5) is 0 Å². The molecule has 1 aliphatic rings. The second kappa shape index (κ2) is 4.85. The van der Waals surface area contributed by atoms with Crippen LogP contribution in [0.3, 0.4) is 0 Å². The summed E-state index contributed by atoms with van der Waals surface area (Å²) < 4.78 is 1.67. The molecule has 1 fully saturated rings. The van der Waals surface area contributed by atoms with Gasteiger partial charge in [-0.25, -0.2) is 9.89 Å². The van der Waals surface area contributed by atoms with Crippen molar-refractivity contribution in [3.63, 3.8) is 0 Å². The summed E-state index contributed by atoms with van der Waals surface area (Å²) in [4.78, 5) is 11.3. The van der Waals surface area contributed by atoms with E-state index in [1.807, 2.05) is 6.92 Å². The molecule has 5 nitrogen and oxygen atoms in total. The van der Waals surface area contributed by atoms with Crippen molar-refractivity contribution in [1.29, 1.82) is 0 Å². The number of H-pyrrole nitrogens is 1. The van der Waals surface area contributed by atoms with E-state index in [1.54, 1.807) is 16.3 Å². The van der Waals surface area contributed by atoms with Crippen molar-refractivity contribution in [2.75, 3.05) is 12.3 Å². The van der Waals surface area contributed by atoms with E-state index in [0.717, 1.165) is 17.5 Å². The van der Waals surface area contributed by atoms with Crippen molar-refractivity contribution in [2.24, 2.45) is 0 Å². The van der Waals surface area contributed by atoms with Crippen molar-refractivity contribution in [1.82, 2.24) is 20.1 Å². The molecule has 2 rings (SSSR count). The van der Waals surface area contributed by atoms with Crippen LogP contribution in [0.25, 0.3) is 0 Å². The Hall–Kier alpha value is -0.750. The normalized spacial score (nSPS) is 21.0. The summed E-state index contributed by atoms with van der Waals surface area (Å²) in [6.07, 6.45) is 2.49. The van der Waals surface area contributed by atoms with E-state index in [2.05, 4.69) is 15.5 Å². The van der Waals surface area contributed by atoms with E-state index in [9.17, 15) is 4.79 Å². The van der Waals surface area contributed by atoms with Gasteiger partial charge >= 0.3 is 5.69 Å². The molecule has 1 aromatic rings. The molecule has 0 saturated carbocycles. The Morgan fingerprint density at radius 3 is 3.20 bits per heavy atom. The fourth-order valence-corrected chi connectivity index (χ4v) is 2.88. The van der Waals surface area contributed by atoms with Gasteiger partial charge in [0.25, 0.3) is 0 Å².